The number of aliphatic carboxylic acids is 1. The number of carbonyl (C=O) groups is 2. The van der Waals surface area contributed by atoms with Crippen molar-refractivity contribution in [1.29, 1.82) is 0 Å². The molecule has 0 spiro atoms. The number of Topliss-reactive ketones (excluding diaryl/α,β-unsaturated/α-hetero) is 1. The minimum absolute atomic E-state index is 0.119. The first-order valence-corrected chi connectivity index (χ1v) is 8.98. The molecule has 1 aliphatic rings. The number of thiophene rings is 1. The molecule has 2 heterocycles. The van der Waals surface area contributed by atoms with E-state index in [9.17, 15) is 19.5 Å². The summed E-state index contributed by atoms with van der Waals surface area (Å²) < 4.78 is 1.44. The summed E-state index contributed by atoms with van der Waals surface area (Å²) in [6, 6.07) is -0.605. The van der Waals surface area contributed by atoms with Gasteiger partial charge in [-0.3, -0.25) is 19.0 Å². The summed E-state index contributed by atoms with van der Waals surface area (Å²) in [6.07, 6.45) is 2.65. The summed E-state index contributed by atoms with van der Waals surface area (Å²) >= 11 is 1.42. The molecule has 6 nitrogen and oxygen atoms in total. The van der Waals surface area contributed by atoms with Crippen LogP contribution in [-0.4, -0.2) is 26.4 Å². The van der Waals surface area contributed by atoms with E-state index in [2.05, 4.69) is 4.98 Å². The highest BCUT2D eigenvalue weighted by atomic mass is 32.1. The van der Waals surface area contributed by atoms with Gasteiger partial charge in [-0.25, -0.2) is 4.98 Å². The van der Waals surface area contributed by atoms with Crippen molar-refractivity contribution >= 4 is 33.3 Å². The Balaban J connectivity index is 2.38. The van der Waals surface area contributed by atoms with Gasteiger partial charge in [-0.15, -0.1) is 11.3 Å². The number of aromatic nitrogens is 2. The van der Waals surface area contributed by atoms with Crippen LogP contribution in [0.2, 0.25) is 0 Å². The van der Waals surface area contributed by atoms with Crippen molar-refractivity contribution in [1.82, 2.24) is 9.55 Å². The summed E-state index contributed by atoms with van der Waals surface area (Å²) in [5, 5.41) is 9.94. The number of aryl methyl sites for hydroxylation is 2. The highest BCUT2D eigenvalue weighted by Crippen LogP contribution is 2.40. The number of nitrogens with zero attached hydrogens (tertiary/aromatic N) is 2. The van der Waals surface area contributed by atoms with Crippen LogP contribution in [0.1, 0.15) is 61.8 Å². The summed E-state index contributed by atoms with van der Waals surface area (Å²) in [4.78, 5) is 42.7. The van der Waals surface area contributed by atoms with Crippen LogP contribution in [-0.2, 0) is 22.4 Å². The highest BCUT2D eigenvalue weighted by Gasteiger charge is 2.33. The molecule has 1 aliphatic carbocycles. The van der Waals surface area contributed by atoms with Gasteiger partial charge >= 0.3 is 5.97 Å². The van der Waals surface area contributed by atoms with Crippen LogP contribution in [0.5, 0.6) is 0 Å². The number of ketones is 1. The zero-order chi connectivity index (χ0) is 17.6. The van der Waals surface area contributed by atoms with Gasteiger partial charge in [-0.2, -0.15) is 0 Å². The summed E-state index contributed by atoms with van der Waals surface area (Å²) in [5.74, 6) is -1.11. The van der Waals surface area contributed by atoms with E-state index < -0.39 is 17.9 Å². The quantitative estimate of drug-likeness (QED) is 0.917. The van der Waals surface area contributed by atoms with Gasteiger partial charge in [-0.05, 0) is 38.7 Å². The lowest BCUT2D eigenvalue weighted by Crippen LogP contribution is -2.31. The molecule has 2 unspecified atom stereocenters. The second-order valence-corrected chi connectivity index (χ2v) is 7.33. The molecule has 0 amide bonds. The first-order chi connectivity index (χ1) is 11.4. The number of carboxylic acid groups (broad SMARTS) is 1. The van der Waals surface area contributed by atoms with Crippen molar-refractivity contribution in [2.75, 3.05) is 0 Å². The number of carboxylic acids is 1. The zero-order valence-electron chi connectivity index (χ0n) is 14.0. The van der Waals surface area contributed by atoms with E-state index in [-0.39, 0.29) is 11.3 Å². The molecule has 0 fully saturated rings. The van der Waals surface area contributed by atoms with Gasteiger partial charge in [0.05, 0.1) is 17.3 Å². The average Bonchev–Trinajstić information content (AvgIpc) is 2.92. The van der Waals surface area contributed by atoms with Crippen LogP contribution in [0.4, 0.5) is 0 Å². The number of rotatable bonds is 4. The monoisotopic (exact) mass is 348 g/mol. The van der Waals surface area contributed by atoms with Crippen molar-refractivity contribution in [3.63, 3.8) is 0 Å². The zero-order valence-corrected chi connectivity index (χ0v) is 14.8. The lowest BCUT2D eigenvalue weighted by molar-refractivity contribution is -0.139. The molecule has 1 N–H and O–H groups in total. The molecule has 2 atom stereocenters. The maximum atomic E-state index is 13.1. The first kappa shape index (κ1) is 16.8. The molecular weight excluding hydrogens is 328 g/mol. The van der Waals surface area contributed by atoms with Crippen LogP contribution in [0, 0.1) is 0 Å². The number of carbonyl (C=O) groups excluding carboxylic acids is 1. The van der Waals surface area contributed by atoms with E-state index in [1.165, 1.54) is 22.8 Å². The lowest BCUT2D eigenvalue weighted by atomic mass is 9.86. The third kappa shape index (κ3) is 2.47. The lowest BCUT2D eigenvalue weighted by Gasteiger charge is -2.20. The summed E-state index contributed by atoms with van der Waals surface area (Å²) in [5.41, 5.74) is 0.337. The Hall–Kier alpha value is -2.02. The molecule has 3 rings (SSSR count). The van der Waals surface area contributed by atoms with Crippen LogP contribution < -0.4 is 5.56 Å². The largest absolute Gasteiger partial charge is 0.481 e. The van der Waals surface area contributed by atoms with E-state index >= 15 is 0 Å². The molecule has 128 valence electrons. The first-order valence-electron chi connectivity index (χ1n) is 8.16. The van der Waals surface area contributed by atoms with Gasteiger partial charge in [0.15, 0.2) is 5.78 Å². The van der Waals surface area contributed by atoms with Gasteiger partial charge in [0.1, 0.15) is 10.7 Å². The van der Waals surface area contributed by atoms with Crippen LogP contribution in [0.25, 0.3) is 10.2 Å². The molecule has 0 aromatic carbocycles. The van der Waals surface area contributed by atoms with Gasteiger partial charge < -0.3 is 5.11 Å². The molecule has 0 bridgehead atoms. The number of fused-ring (bicyclic) bond motifs is 3. The second kappa shape index (κ2) is 6.12. The van der Waals surface area contributed by atoms with Crippen LogP contribution in [0.3, 0.4) is 0 Å². The molecule has 24 heavy (non-hydrogen) atoms. The predicted molar refractivity (Wildman–Crippen MR) is 92.0 cm³/mol. The molecule has 0 aliphatic heterocycles. The van der Waals surface area contributed by atoms with Crippen molar-refractivity contribution in [3.8, 4) is 0 Å². The molecule has 7 heteroatoms. The fourth-order valence-corrected chi connectivity index (χ4v) is 4.70. The minimum Gasteiger partial charge on any atom is -0.481 e. The maximum Gasteiger partial charge on any atom is 0.311 e. The number of hydrogen-bond acceptors (Lipinski definition) is 5. The molecule has 2 aromatic heterocycles. The minimum atomic E-state index is -0.902. The molecule has 0 saturated carbocycles. The predicted octanol–water partition coefficient (Wildman–Crippen LogP) is 2.67. The Labute approximate surface area is 143 Å². The third-order valence-electron chi connectivity index (χ3n) is 4.78. The average molecular weight is 348 g/mol. The Morgan fingerprint density at radius 2 is 2.17 bits per heavy atom. The Morgan fingerprint density at radius 1 is 1.46 bits per heavy atom. The summed E-state index contributed by atoms with van der Waals surface area (Å²) in [6.45, 7) is 5.03. The fourth-order valence-electron chi connectivity index (χ4n) is 3.41. The molecule has 2 aromatic rings. The topological polar surface area (TPSA) is 89.3 Å². The van der Waals surface area contributed by atoms with Crippen LogP contribution >= 0.6 is 11.3 Å². The third-order valence-corrected chi connectivity index (χ3v) is 5.94. The van der Waals surface area contributed by atoms with Crippen molar-refractivity contribution in [3.05, 3.63) is 26.6 Å². The van der Waals surface area contributed by atoms with Gasteiger partial charge in [0.2, 0.25) is 0 Å². The van der Waals surface area contributed by atoms with E-state index in [0.29, 0.717) is 34.4 Å². The van der Waals surface area contributed by atoms with E-state index in [1.807, 2.05) is 6.92 Å². The van der Waals surface area contributed by atoms with E-state index in [0.717, 1.165) is 17.7 Å². The van der Waals surface area contributed by atoms with E-state index in [4.69, 9.17) is 0 Å². The molecule has 0 saturated heterocycles. The van der Waals surface area contributed by atoms with Crippen molar-refractivity contribution in [2.45, 2.75) is 58.4 Å². The number of hydrogen-bond donors (Lipinski definition) is 1. The normalized spacial score (nSPS) is 18.4. The van der Waals surface area contributed by atoms with Crippen molar-refractivity contribution < 1.29 is 14.7 Å². The van der Waals surface area contributed by atoms with Crippen molar-refractivity contribution in [2.24, 2.45) is 0 Å². The van der Waals surface area contributed by atoms with Gasteiger partial charge in [-0.1, -0.05) is 6.92 Å². The molecular formula is C17H20N2O4S. The highest BCUT2D eigenvalue weighted by molar-refractivity contribution is 7.18. The Morgan fingerprint density at radius 3 is 2.75 bits per heavy atom. The summed E-state index contributed by atoms with van der Waals surface area (Å²) in [7, 11) is 0. The standard InChI is InChI=1S/C17H20N2O4S/c1-4-12-18-15-14(16(21)19(12)8(2)9(3)20)13-10(17(22)23)6-5-7-11(13)24-15/h8,10H,4-7H2,1-3H3,(H,22,23). The SMILES string of the molecule is CCc1nc2sc3c(c2c(=O)n1C(C)C(C)=O)C(C(=O)O)CCC3. The maximum absolute atomic E-state index is 13.1. The molecule has 0 radical (unpaired) electrons. The second-order valence-electron chi connectivity index (χ2n) is 6.25. The van der Waals surface area contributed by atoms with E-state index in [1.54, 1.807) is 6.92 Å². The van der Waals surface area contributed by atoms with Gasteiger partial charge in [0.25, 0.3) is 5.56 Å². The van der Waals surface area contributed by atoms with Gasteiger partial charge in [0, 0.05) is 11.3 Å². The fraction of sp³-hybridized carbons (Fsp3) is 0.529. The Bertz CT molecular complexity index is 896. The smallest absolute Gasteiger partial charge is 0.311 e. The Kier molecular flexibility index (Phi) is 4.29. The van der Waals surface area contributed by atoms with Crippen LogP contribution in [0.15, 0.2) is 4.79 Å².